The number of nitrogens with zero attached hydrogens (tertiary/aromatic N) is 4. The maximum Gasteiger partial charge on any atom is 0.358 e. The summed E-state index contributed by atoms with van der Waals surface area (Å²) in [6.45, 7) is 4.05. The molecule has 1 aliphatic heterocycles. The fourth-order valence-electron chi connectivity index (χ4n) is 3.51. The third-order valence-corrected chi connectivity index (χ3v) is 4.89. The van der Waals surface area contributed by atoms with E-state index in [0.29, 0.717) is 24.0 Å². The summed E-state index contributed by atoms with van der Waals surface area (Å²) in [6, 6.07) is 12.7. The van der Waals surface area contributed by atoms with Crippen LogP contribution in [0, 0.1) is 0 Å². The zero-order valence-corrected chi connectivity index (χ0v) is 14.8. The number of rotatable bonds is 4. The molecule has 0 unspecified atom stereocenters. The maximum atomic E-state index is 11.8. The molecule has 26 heavy (non-hydrogen) atoms. The summed E-state index contributed by atoms with van der Waals surface area (Å²) in [7, 11) is 0. The predicted molar refractivity (Wildman–Crippen MR) is 99.6 cm³/mol. The van der Waals surface area contributed by atoms with Crippen LogP contribution in [0.1, 0.15) is 41.7 Å². The molecule has 0 bridgehead atoms. The number of anilines is 1. The Morgan fingerprint density at radius 3 is 2.65 bits per heavy atom. The average molecular weight is 350 g/mol. The molecule has 3 aromatic rings. The second-order valence-corrected chi connectivity index (χ2v) is 6.51. The van der Waals surface area contributed by atoms with Crippen LogP contribution in [0.15, 0.2) is 48.8 Å². The van der Waals surface area contributed by atoms with Gasteiger partial charge in [0.05, 0.1) is 6.61 Å². The molecule has 2 aromatic heterocycles. The molecule has 0 radical (unpaired) electrons. The van der Waals surface area contributed by atoms with E-state index in [9.17, 15) is 4.79 Å². The van der Waals surface area contributed by atoms with Crippen LogP contribution in [-0.4, -0.2) is 40.0 Å². The van der Waals surface area contributed by atoms with Crippen molar-refractivity contribution in [1.29, 1.82) is 0 Å². The van der Waals surface area contributed by atoms with Crippen molar-refractivity contribution < 1.29 is 9.53 Å². The summed E-state index contributed by atoms with van der Waals surface area (Å²) in [5.41, 5.74) is 1.71. The SMILES string of the molecule is CCOC(=O)c1cn2ccc(N3CCC(c4ccccc4)CC3)nc2n1. The van der Waals surface area contributed by atoms with E-state index in [4.69, 9.17) is 4.74 Å². The van der Waals surface area contributed by atoms with Crippen LogP contribution in [0.4, 0.5) is 5.82 Å². The molecular weight excluding hydrogens is 328 g/mol. The Morgan fingerprint density at radius 2 is 1.92 bits per heavy atom. The van der Waals surface area contributed by atoms with Crippen molar-refractivity contribution in [2.45, 2.75) is 25.7 Å². The van der Waals surface area contributed by atoms with Gasteiger partial charge in [0.2, 0.25) is 5.78 Å². The molecule has 0 spiro atoms. The molecule has 1 aliphatic rings. The molecule has 3 heterocycles. The number of carbonyl (C=O) groups is 1. The lowest BCUT2D eigenvalue weighted by molar-refractivity contribution is 0.0520. The van der Waals surface area contributed by atoms with E-state index in [1.165, 1.54) is 5.56 Å². The van der Waals surface area contributed by atoms with Gasteiger partial charge in [0, 0.05) is 25.5 Å². The lowest BCUT2D eigenvalue weighted by Gasteiger charge is -2.33. The quantitative estimate of drug-likeness (QED) is 0.676. The fraction of sp³-hybridized carbons (Fsp3) is 0.350. The first-order valence-corrected chi connectivity index (χ1v) is 9.07. The van der Waals surface area contributed by atoms with Gasteiger partial charge in [-0.15, -0.1) is 0 Å². The van der Waals surface area contributed by atoms with Crippen LogP contribution in [0.2, 0.25) is 0 Å². The minimum absolute atomic E-state index is 0.291. The standard InChI is InChI=1S/C20H22N4O2/c1-2-26-19(25)17-14-24-13-10-18(22-20(24)21-17)23-11-8-16(9-12-23)15-6-4-3-5-7-15/h3-7,10,13-14,16H,2,8-9,11-12H2,1H3. The van der Waals surface area contributed by atoms with Crippen molar-refractivity contribution >= 4 is 17.6 Å². The molecule has 0 saturated carbocycles. The molecule has 1 fully saturated rings. The Morgan fingerprint density at radius 1 is 1.15 bits per heavy atom. The van der Waals surface area contributed by atoms with Crippen LogP contribution < -0.4 is 4.90 Å². The smallest absolute Gasteiger partial charge is 0.358 e. The highest BCUT2D eigenvalue weighted by Gasteiger charge is 2.22. The number of piperidine rings is 1. The Kier molecular flexibility index (Phi) is 4.56. The van der Waals surface area contributed by atoms with Gasteiger partial charge in [-0.05, 0) is 37.3 Å². The summed E-state index contributed by atoms with van der Waals surface area (Å²) < 4.78 is 6.76. The highest BCUT2D eigenvalue weighted by Crippen LogP contribution is 2.29. The van der Waals surface area contributed by atoms with E-state index >= 15 is 0 Å². The van der Waals surface area contributed by atoms with Gasteiger partial charge < -0.3 is 9.64 Å². The molecule has 1 saturated heterocycles. The van der Waals surface area contributed by atoms with Crippen molar-refractivity contribution in [3.8, 4) is 0 Å². The normalized spacial score (nSPS) is 15.3. The van der Waals surface area contributed by atoms with Crippen molar-refractivity contribution in [1.82, 2.24) is 14.4 Å². The predicted octanol–water partition coefficient (Wildman–Crippen LogP) is 3.29. The molecule has 1 aromatic carbocycles. The van der Waals surface area contributed by atoms with Gasteiger partial charge in [-0.1, -0.05) is 30.3 Å². The van der Waals surface area contributed by atoms with Gasteiger partial charge in [0.1, 0.15) is 5.82 Å². The second kappa shape index (κ2) is 7.15. The Labute approximate surface area is 152 Å². The van der Waals surface area contributed by atoms with Gasteiger partial charge in [-0.25, -0.2) is 9.78 Å². The summed E-state index contributed by atoms with van der Waals surface area (Å²) in [6.07, 6.45) is 5.78. The highest BCUT2D eigenvalue weighted by atomic mass is 16.5. The average Bonchev–Trinajstić information content (AvgIpc) is 3.12. The maximum absolute atomic E-state index is 11.8. The zero-order valence-electron chi connectivity index (χ0n) is 14.8. The molecule has 6 heteroatoms. The number of ether oxygens (including phenoxy) is 1. The molecule has 0 atom stereocenters. The molecule has 0 aliphatic carbocycles. The van der Waals surface area contributed by atoms with Gasteiger partial charge >= 0.3 is 5.97 Å². The summed E-state index contributed by atoms with van der Waals surface area (Å²) in [4.78, 5) is 23.1. The second-order valence-electron chi connectivity index (χ2n) is 6.51. The van der Waals surface area contributed by atoms with Crippen LogP contribution in [0.25, 0.3) is 5.78 Å². The number of fused-ring (bicyclic) bond motifs is 1. The number of hydrogen-bond acceptors (Lipinski definition) is 5. The third kappa shape index (κ3) is 3.27. The minimum atomic E-state index is -0.414. The van der Waals surface area contributed by atoms with Crippen LogP contribution in [0.5, 0.6) is 0 Å². The van der Waals surface area contributed by atoms with Crippen LogP contribution >= 0.6 is 0 Å². The first-order chi connectivity index (χ1) is 12.7. The molecule has 134 valence electrons. The van der Waals surface area contributed by atoms with Gasteiger partial charge in [-0.2, -0.15) is 4.98 Å². The fourth-order valence-corrected chi connectivity index (χ4v) is 3.51. The number of aromatic nitrogens is 3. The molecule has 0 amide bonds. The first-order valence-electron chi connectivity index (χ1n) is 9.07. The van der Waals surface area contributed by atoms with Crippen molar-refractivity contribution in [3.63, 3.8) is 0 Å². The van der Waals surface area contributed by atoms with Gasteiger partial charge in [0.25, 0.3) is 0 Å². The zero-order chi connectivity index (χ0) is 17.9. The highest BCUT2D eigenvalue weighted by molar-refractivity contribution is 5.87. The van der Waals surface area contributed by atoms with E-state index in [1.807, 2.05) is 12.3 Å². The number of hydrogen-bond donors (Lipinski definition) is 0. The third-order valence-electron chi connectivity index (χ3n) is 4.89. The molecule has 0 N–H and O–H groups in total. The summed E-state index contributed by atoms with van der Waals surface area (Å²) in [5.74, 6) is 1.63. The van der Waals surface area contributed by atoms with Crippen molar-refractivity contribution in [2.75, 3.05) is 24.6 Å². The number of benzene rings is 1. The van der Waals surface area contributed by atoms with Gasteiger partial charge in [-0.3, -0.25) is 4.40 Å². The van der Waals surface area contributed by atoms with E-state index in [-0.39, 0.29) is 0 Å². The molecular formula is C20H22N4O2. The molecule has 6 nitrogen and oxygen atoms in total. The Balaban J connectivity index is 1.48. The lowest BCUT2D eigenvalue weighted by atomic mass is 9.89. The Hall–Kier alpha value is -2.89. The van der Waals surface area contributed by atoms with Crippen molar-refractivity contribution in [2.24, 2.45) is 0 Å². The summed E-state index contributed by atoms with van der Waals surface area (Å²) >= 11 is 0. The largest absolute Gasteiger partial charge is 0.461 e. The number of esters is 1. The van der Waals surface area contributed by atoms with E-state index in [2.05, 4.69) is 45.2 Å². The first kappa shape index (κ1) is 16.6. The number of carbonyl (C=O) groups excluding carboxylic acids is 1. The lowest BCUT2D eigenvalue weighted by Crippen LogP contribution is -2.33. The monoisotopic (exact) mass is 350 g/mol. The van der Waals surface area contributed by atoms with Crippen molar-refractivity contribution in [3.05, 3.63) is 60.0 Å². The van der Waals surface area contributed by atoms with E-state index in [1.54, 1.807) is 17.5 Å². The van der Waals surface area contributed by atoms with Crippen LogP contribution in [0.3, 0.4) is 0 Å². The Bertz CT molecular complexity index is 899. The van der Waals surface area contributed by atoms with Crippen LogP contribution in [-0.2, 0) is 4.74 Å². The number of imidazole rings is 1. The van der Waals surface area contributed by atoms with E-state index in [0.717, 1.165) is 31.7 Å². The summed E-state index contributed by atoms with van der Waals surface area (Å²) in [5, 5.41) is 0. The molecule has 4 rings (SSSR count). The minimum Gasteiger partial charge on any atom is -0.461 e. The topological polar surface area (TPSA) is 59.7 Å². The van der Waals surface area contributed by atoms with Gasteiger partial charge in [0.15, 0.2) is 5.69 Å². The van der Waals surface area contributed by atoms with E-state index < -0.39 is 5.97 Å².